The molecular weight excluding hydrogens is 513 g/mol. The molecule has 3 aliphatic rings. The van der Waals surface area contributed by atoms with Crippen LogP contribution in [0.4, 0.5) is 30.7 Å². The molecule has 38 heavy (non-hydrogen) atoms. The molecule has 3 aliphatic carbocycles. The number of alkyl halides is 6. The van der Waals surface area contributed by atoms with Gasteiger partial charge in [0.1, 0.15) is 11.6 Å². The van der Waals surface area contributed by atoms with E-state index in [1.54, 1.807) is 0 Å². The molecule has 0 spiro atoms. The van der Waals surface area contributed by atoms with Gasteiger partial charge in [0.25, 0.3) is 5.85 Å². The summed E-state index contributed by atoms with van der Waals surface area (Å²) in [5.74, 6) is -3.16. The van der Waals surface area contributed by atoms with Crippen molar-refractivity contribution in [1.29, 1.82) is 0 Å². The second kappa shape index (κ2) is 12.0. The number of halogens is 7. The van der Waals surface area contributed by atoms with Crippen LogP contribution in [-0.2, 0) is 15.6 Å². The predicted octanol–water partition coefficient (Wildman–Crippen LogP) is 9.47. The van der Waals surface area contributed by atoms with E-state index in [1.807, 2.05) is 0 Å². The molecule has 0 heterocycles. The molecule has 2 saturated carbocycles. The van der Waals surface area contributed by atoms with Crippen LogP contribution in [0, 0.1) is 23.6 Å². The monoisotopic (exact) mass is 548 g/mol. The molecule has 1 aromatic rings. The fourth-order valence-electron chi connectivity index (χ4n) is 6.41. The molecule has 0 N–H and O–H groups in total. The van der Waals surface area contributed by atoms with Crippen molar-refractivity contribution in [3.63, 3.8) is 0 Å². The van der Waals surface area contributed by atoms with Gasteiger partial charge < -0.3 is 4.74 Å². The van der Waals surface area contributed by atoms with Crippen LogP contribution < -0.4 is 0 Å². The van der Waals surface area contributed by atoms with Crippen LogP contribution in [-0.4, -0.2) is 18.6 Å². The first-order chi connectivity index (χ1) is 18.0. The van der Waals surface area contributed by atoms with E-state index in [-0.39, 0.29) is 18.1 Å². The van der Waals surface area contributed by atoms with E-state index in [4.69, 9.17) is 0 Å². The van der Waals surface area contributed by atoms with Crippen LogP contribution >= 0.6 is 0 Å². The molecule has 2 fully saturated rings. The fourth-order valence-corrected chi connectivity index (χ4v) is 6.41. The zero-order valence-electron chi connectivity index (χ0n) is 21.5. The van der Waals surface area contributed by atoms with Crippen LogP contribution in [0.5, 0.6) is 0 Å². The lowest BCUT2D eigenvalue weighted by Crippen LogP contribution is -2.38. The number of hydrogen-bond acceptors (Lipinski definition) is 2. The van der Waals surface area contributed by atoms with E-state index in [2.05, 4.69) is 16.4 Å². The summed E-state index contributed by atoms with van der Waals surface area (Å²) in [7, 11) is 0. The summed E-state index contributed by atoms with van der Waals surface area (Å²) >= 11 is 0. The highest BCUT2D eigenvalue weighted by Gasteiger charge is 2.45. The Morgan fingerprint density at radius 3 is 2.18 bits per heavy atom. The first kappa shape index (κ1) is 29.0. The minimum absolute atomic E-state index is 0.0876. The Kier molecular flexibility index (Phi) is 9.15. The quantitative estimate of drug-likeness (QED) is 0.286. The summed E-state index contributed by atoms with van der Waals surface area (Å²) < 4.78 is 105. The zero-order chi connectivity index (χ0) is 27.5. The summed E-state index contributed by atoms with van der Waals surface area (Å²) in [6, 6.07) is 3.51. The molecule has 0 aromatic heterocycles. The second-order valence-electron chi connectivity index (χ2n) is 10.9. The SMILES string of the molecule is CCCC1CCC(C2CCC(c3ccc(C(F)(F)OC4=CC(F)C(F)(OC(F)F)C=C4)c(F)c3)CC2)CC1. The molecule has 9 heteroatoms. The Morgan fingerprint density at radius 1 is 1.00 bits per heavy atom. The summed E-state index contributed by atoms with van der Waals surface area (Å²) in [5.41, 5.74) is -0.400. The standard InChI is InChI=1S/C29H35F7O2/c1-2-3-18-4-6-19(7-5-18)20-8-10-21(11-9-20)22-12-13-24(25(30)16-22)29(35,36)37-23-14-15-28(34,26(31)17-23)38-27(32)33/h12-21,26-27H,2-11H2,1H3. The highest BCUT2D eigenvalue weighted by atomic mass is 19.3. The third kappa shape index (κ3) is 6.75. The van der Waals surface area contributed by atoms with Crippen molar-refractivity contribution in [2.24, 2.45) is 17.8 Å². The van der Waals surface area contributed by atoms with E-state index in [9.17, 15) is 30.7 Å². The molecular formula is C29H35F7O2. The third-order valence-corrected chi connectivity index (χ3v) is 8.48. The average Bonchev–Trinajstić information content (AvgIpc) is 2.86. The Balaban J connectivity index is 1.34. The topological polar surface area (TPSA) is 18.5 Å². The lowest BCUT2D eigenvalue weighted by Gasteiger charge is -2.38. The number of benzene rings is 1. The van der Waals surface area contributed by atoms with E-state index in [1.165, 1.54) is 44.6 Å². The Morgan fingerprint density at radius 2 is 1.63 bits per heavy atom. The molecule has 4 rings (SSSR count). The van der Waals surface area contributed by atoms with Gasteiger partial charge in [0, 0.05) is 0 Å². The van der Waals surface area contributed by atoms with Gasteiger partial charge >= 0.3 is 12.7 Å². The zero-order valence-corrected chi connectivity index (χ0v) is 21.5. The number of rotatable bonds is 9. The summed E-state index contributed by atoms with van der Waals surface area (Å²) in [5, 5.41) is 0. The van der Waals surface area contributed by atoms with Gasteiger partial charge in [0.2, 0.25) is 0 Å². The summed E-state index contributed by atoms with van der Waals surface area (Å²) in [4.78, 5) is 0. The maximum absolute atomic E-state index is 14.8. The van der Waals surface area contributed by atoms with Crippen molar-refractivity contribution in [2.75, 3.05) is 0 Å². The second-order valence-corrected chi connectivity index (χ2v) is 10.9. The number of ether oxygens (including phenoxy) is 2. The average molecular weight is 549 g/mol. The van der Waals surface area contributed by atoms with Crippen molar-refractivity contribution in [1.82, 2.24) is 0 Å². The van der Waals surface area contributed by atoms with Crippen molar-refractivity contribution < 1.29 is 40.2 Å². The lowest BCUT2D eigenvalue weighted by molar-refractivity contribution is -0.257. The minimum Gasteiger partial charge on any atom is -0.429 e. The lowest BCUT2D eigenvalue weighted by atomic mass is 9.68. The van der Waals surface area contributed by atoms with Gasteiger partial charge in [-0.15, -0.1) is 0 Å². The van der Waals surface area contributed by atoms with Gasteiger partial charge in [-0.2, -0.15) is 17.6 Å². The Hall–Kier alpha value is -2.03. The van der Waals surface area contributed by atoms with Crippen molar-refractivity contribution >= 4 is 0 Å². The normalized spacial score (nSPS) is 32.3. The number of allylic oxidation sites excluding steroid dienone is 1. The van der Waals surface area contributed by atoms with Gasteiger partial charge in [-0.3, -0.25) is 4.74 Å². The van der Waals surface area contributed by atoms with E-state index in [0.29, 0.717) is 17.6 Å². The maximum Gasteiger partial charge on any atom is 0.429 e. The Bertz CT molecular complexity index is 995. The minimum atomic E-state index is -4.20. The molecule has 0 radical (unpaired) electrons. The smallest absolute Gasteiger partial charge is 0.429 e. The molecule has 0 bridgehead atoms. The van der Waals surface area contributed by atoms with E-state index < -0.39 is 41.9 Å². The molecule has 0 aliphatic heterocycles. The maximum atomic E-state index is 14.8. The van der Waals surface area contributed by atoms with E-state index >= 15 is 0 Å². The van der Waals surface area contributed by atoms with Gasteiger partial charge in [-0.05, 0) is 98.1 Å². The third-order valence-electron chi connectivity index (χ3n) is 8.48. The summed E-state index contributed by atoms with van der Waals surface area (Å²) in [6.45, 7) is -1.38. The molecule has 0 amide bonds. The Labute approximate surface area is 219 Å². The van der Waals surface area contributed by atoms with Crippen LogP contribution in [0.1, 0.15) is 88.2 Å². The van der Waals surface area contributed by atoms with Gasteiger partial charge in [-0.25, -0.2) is 13.2 Å². The highest BCUT2D eigenvalue weighted by molar-refractivity contribution is 5.31. The van der Waals surface area contributed by atoms with Gasteiger partial charge in [-0.1, -0.05) is 38.7 Å². The first-order valence-corrected chi connectivity index (χ1v) is 13.6. The fraction of sp³-hybridized carbons (Fsp3) is 0.655. The first-order valence-electron chi connectivity index (χ1n) is 13.6. The van der Waals surface area contributed by atoms with Crippen LogP contribution in [0.25, 0.3) is 0 Å². The molecule has 2 unspecified atom stereocenters. The molecule has 2 atom stereocenters. The van der Waals surface area contributed by atoms with Crippen molar-refractivity contribution in [3.05, 3.63) is 59.1 Å². The van der Waals surface area contributed by atoms with Crippen LogP contribution in [0.2, 0.25) is 0 Å². The van der Waals surface area contributed by atoms with Crippen molar-refractivity contribution in [3.8, 4) is 0 Å². The molecule has 212 valence electrons. The number of hydrogen-bond donors (Lipinski definition) is 0. The highest BCUT2D eigenvalue weighted by Crippen LogP contribution is 2.45. The summed E-state index contributed by atoms with van der Waals surface area (Å²) in [6.07, 6.45) is 5.57. The predicted molar refractivity (Wildman–Crippen MR) is 129 cm³/mol. The van der Waals surface area contributed by atoms with Crippen LogP contribution in [0.3, 0.4) is 0 Å². The van der Waals surface area contributed by atoms with Crippen molar-refractivity contribution in [2.45, 2.75) is 102 Å². The molecule has 2 nitrogen and oxygen atoms in total. The van der Waals surface area contributed by atoms with Gasteiger partial charge in [0.05, 0.1) is 5.56 Å². The van der Waals surface area contributed by atoms with E-state index in [0.717, 1.165) is 49.7 Å². The van der Waals surface area contributed by atoms with Gasteiger partial charge in [0.15, 0.2) is 6.17 Å². The molecule has 1 aromatic carbocycles. The molecule has 0 saturated heterocycles. The largest absolute Gasteiger partial charge is 0.429 e. The van der Waals surface area contributed by atoms with Crippen LogP contribution in [0.15, 0.2) is 42.2 Å².